The van der Waals surface area contributed by atoms with Crippen molar-refractivity contribution in [3.8, 4) is 0 Å². The number of halogens is 2. The van der Waals surface area contributed by atoms with E-state index in [0.717, 1.165) is 17.0 Å². The monoisotopic (exact) mass is 406 g/mol. The topological polar surface area (TPSA) is 66.5 Å². The van der Waals surface area contributed by atoms with Gasteiger partial charge in [0.15, 0.2) is 0 Å². The standard InChI is InChI=1S/C23H16F2N2O3/c24-16-6-8-17(9-7-16)27-22(29)18-10-5-15(13-19(18)23(27)30)21(28)26-12-11-14-3-1-2-4-20(14)25/h1-10,13H,11-12H2,(H,26,28). The van der Waals surface area contributed by atoms with Crippen molar-refractivity contribution in [3.63, 3.8) is 0 Å². The molecule has 3 amide bonds. The Labute approximate surface area is 170 Å². The maximum absolute atomic E-state index is 13.7. The molecule has 7 heteroatoms. The van der Waals surface area contributed by atoms with E-state index in [4.69, 9.17) is 0 Å². The second kappa shape index (κ2) is 7.87. The van der Waals surface area contributed by atoms with Gasteiger partial charge in [0.2, 0.25) is 0 Å². The van der Waals surface area contributed by atoms with E-state index >= 15 is 0 Å². The fraction of sp³-hybridized carbons (Fsp3) is 0.0870. The molecule has 0 spiro atoms. The fourth-order valence-electron chi connectivity index (χ4n) is 3.32. The van der Waals surface area contributed by atoms with E-state index in [-0.39, 0.29) is 34.7 Å². The Kier molecular flexibility index (Phi) is 5.10. The lowest BCUT2D eigenvalue weighted by molar-refractivity contribution is 0.0923. The van der Waals surface area contributed by atoms with Gasteiger partial charge in [0.05, 0.1) is 16.8 Å². The lowest BCUT2D eigenvalue weighted by Crippen LogP contribution is -2.29. The van der Waals surface area contributed by atoms with Gasteiger partial charge < -0.3 is 5.32 Å². The van der Waals surface area contributed by atoms with Gasteiger partial charge in [-0.1, -0.05) is 18.2 Å². The van der Waals surface area contributed by atoms with Crippen LogP contribution in [0.4, 0.5) is 14.5 Å². The number of hydrogen-bond acceptors (Lipinski definition) is 3. The molecule has 1 aliphatic rings. The number of fused-ring (bicyclic) bond motifs is 1. The Morgan fingerprint density at radius 3 is 2.30 bits per heavy atom. The van der Waals surface area contributed by atoms with E-state index in [1.165, 1.54) is 36.4 Å². The van der Waals surface area contributed by atoms with E-state index in [1.54, 1.807) is 18.2 Å². The lowest BCUT2D eigenvalue weighted by Gasteiger charge is -2.13. The SMILES string of the molecule is O=C(NCCc1ccccc1F)c1ccc2c(c1)C(=O)N(c1ccc(F)cc1)C2=O. The van der Waals surface area contributed by atoms with Crippen LogP contribution in [-0.4, -0.2) is 24.3 Å². The summed E-state index contributed by atoms with van der Waals surface area (Å²) in [6, 6.07) is 15.5. The number of rotatable bonds is 5. The minimum Gasteiger partial charge on any atom is -0.352 e. The highest BCUT2D eigenvalue weighted by atomic mass is 19.1. The van der Waals surface area contributed by atoms with Crippen molar-refractivity contribution < 1.29 is 23.2 Å². The van der Waals surface area contributed by atoms with Crippen molar-refractivity contribution in [2.24, 2.45) is 0 Å². The number of hydrogen-bond donors (Lipinski definition) is 1. The first kappa shape index (κ1) is 19.4. The van der Waals surface area contributed by atoms with Gasteiger partial charge in [-0.2, -0.15) is 0 Å². The molecule has 0 unspecified atom stereocenters. The number of nitrogens with one attached hydrogen (secondary N) is 1. The molecule has 30 heavy (non-hydrogen) atoms. The van der Waals surface area contributed by atoms with Crippen molar-refractivity contribution in [2.75, 3.05) is 11.4 Å². The molecule has 0 atom stereocenters. The van der Waals surface area contributed by atoms with Crippen LogP contribution >= 0.6 is 0 Å². The Morgan fingerprint density at radius 1 is 0.867 bits per heavy atom. The Balaban J connectivity index is 1.49. The molecule has 3 aromatic carbocycles. The number of imide groups is 1. The maximum Gasteiger partial charge on any atom is 0.266 e. The van der Waals surface area contributed by atoms with Gasteiger partial charge in [-0.05, 0) is 60.5 Å². The third kappa shape index (κ3) is 3.57. The molecule has 1 heterocycles. The Hall–Kier alpha value is -3.87. The number of amides is 3. The molecule has 0 bridgehead atoms. The summed E-state index contributed by atoms with van der Waals surface area (Å²) in [5.74, 6) is -2.37. The van der Waals surface area contributed by atoms with Gasteiger partial charge in [-0.3, -0.25) is 14.4 Å². The zero-order chi connectivity index (χ0) is 21.3. The van der Waals surface area contributed by atoms with Crippen LogP contribution in [0.15, 0.2) is 66.7 Å². The first-order valence-corrected chi connectivity index (χ1v) is 9.26. The van der Waals surface area contributed by atoms with E-state index in [1.807, 2.05) is 0 Å². The summed E-state index contributed by atoms with van der Waals surface area (Å²) in [7, 11) is 0. The van der Waals surface area contributed by atoms with Crippen molar-refractivity contribution in [1.82, 2.24) is 5.32 Å². The normalized spacial score (nSPS) is 12.8. The van der Waals surface area contributed by atoms with Crippen LogP contribution in [-0.2, 0) is 6.42 Å². The molecule has 1 aliphatic heterocycles. The minimum absolute atomic E-state index is 0.103. The predicted octanol–water partition coefficient (Wildman–Crippen LogP) is 3.74. The molecular weight excluding hydrogens is 390 g/mol. The van der Waals surface area contributed by atoms with Crippen LogP contribution in [0.1, 0.15) is 36.6 Å². The average Bonchev–Trinajstić information content (AvgIpc) is 3.00. The van der Waals surface area contributed by atoms with Crippen LogP contribution in [0.25, 0.3) is 0 Å². The first-order chi connectivity index (χ1) is 14.5. The van der Waals surface area contributed by atoms with Gasteiger partial charge >= 0.3 is 0 Å². The maximum atomic E-state index is 13.7. The van der Waals surface area contributed by atoms with E-state index in [9.17, 15) is 23.2 Å². The molecule has 0 aliphatic carbocycles. The third-order valence-corrected chi connectivity index (χ3v) is 4.87. The third-order valence-electron chi connectivity index (χ3n) is 4.87. The molecule has 0 saturated heterocycles. The number of carbonyl (C=O) groups excluding carboxylic acids is 3. The van der Waals surface area contributed by atoms with Gasteiger partial charge in [-0.25, -0.2) is 13.7 Å². The van der Waals surface area contributed by atoms with Crippen LogP contribution in [0.2, 0.25) is 0 Å². The van der Waals surface area contributed by atoms with Crippen LogP contribution in [0.5, 0.6) is 0 Å². The smallest absolute Gasteiger partial charge is 0.266 e. The van der Waals surface area contributed by atoms with Crippen molar-refractivity contribution >= 4 is 23.4 Å². The van der Waals surface area contributed by atoms with Gasteiger partial charge in [0.25, 0.3) is 17.7 Å². The summed E-state index contributed by atoms with van der Waals surface area (Å²) >= 11 is 0. The molecule has 4 rings (SSSR count). The molecule has 0 radical (unpaired) electrons. The highest BCUT2D eigenvalue weighted by Gasteiger charge is 2.37. The predicted molar refractivity (Wildman–Crippen MR) is 106 cm³/mol. The molecule has 0 aromatic heterocycles. The molecule has 5 nitrogen and oxygen atoms in total. The summed E-state index contributed by atoms with van der Waals surface area (Å²) in [6.07, 6.45) is 0.319. The molecule has 0 saturated carbocycles. The van der Waals surface area contributed by atoms with E-state index in [0.29, 0.717) is 12.0 Å². The molecule has 1 N–H and O–H groups in total. The summed E-state index contributed by atoms with van der Waals surface area (Å²) in [5.41, 5.74) is 1.23. The van der Waals surface area contributed by atoms with Crippen LogP contribution < -0.4 is 10.2 Å². The molecular formula is C23H16F2N2O3. The lowest BCUT2D eigenvalue weighted by atomic mass is 10.1. The van der Waals surface area contributed by atoms with Crippen molar-refractivity contribution in [3.05, 3.63) is 101 Å². The zero-order valence-electron chi connectivity index (χ0n) is 15.7. The zero-order valence-corrected chi connectivity index (χ0v) is 15.7. The minimum atomic E-state index is -0.581. The summed E-state index contributed by atoms with van der Waals surface area (Å²) in [5, 5.41) is 2.68. The Bertz CT molecular complexity index is 1160. The number of carbonyl (C=O) groups is 3. The Morgan fingerprint density at radius 2 is 1.57 bits per heavy atom. The van der Waals surface area contributed by atoms with Crippen LogP contribution in [0.3, 0.4) is 0 Å². The fourth-order valence-corrected chi connectivity index (χ4v) is 3.32. The number of benzene rings is 3. The molecule has 3 aromatic rings. The van der Waals surface area contributed by atoms with Gasteiger partial charge in [0.1, 0.15) is 11.6 Å². The quantitative estimate of drug-likeness (QED) is 0.657. The number of anilines is 1. The first-order valence-electron chi connectivity index (χ1n) is 9.26. The highest BCUT2D eigenvalue weighted by molar-refractivity contribution is 6.34. The number of nitrogens with zero attached hydrogens (tertiary/aromatic N) is 1. The van der Waals surface area contributed by atoms with Crippen LogP contribution in [0, 0.1) is 11.6 Å². The second-order valence-corrected chi connectivity index (χ2v) is 6.78. The highest BCUT2D eigenvalue weighted by Crippen LogP contribution is 2.29. The van der Waals surface area contributed by atoms with E-state index in [2.05, 4.69) is 5.32 Å². The largest absolute Gasteiger partial charge is 0.352 e. The van der Waals surface area contributed by atoms with E-state index < -0.39 is 23.5 Å². The van der Waals surface area contributed by atoms with Gasteiger partial charge in [-0.15, -0.1) is 0 Å². The van der Waals surface area contributed by atoms with Gasteiger partial charge in [0, 0.05) is 12.1 Å². The summed E-state index contributed by atoms with van der Waals surface area (Å²) in [4.78, 5) is 38.7. The van der Waals surface area contributed by atoms with Crippen molar-refractivity contribution in [2.45, 2.75) is 6.42 Å². The van der Waals surface area contributed by atoms with Crippen molar-refractivity contribution in [1.29, 1.82) is 0 Å². The molecule has 0 fully saturated rings. The summed E-state index contributed by atoms with van der Waals surface area (Å²) in [6.45, 7) is 0.214. The molecule has 150 valence electrons. The second-order valence-electron chi connectivity index (χ2n) is 6.78. The summed E-state index contributed by atoms with van der Waals surface area (Å²) < 4.78 is 26.8. The average molecular weight is 406 g/mol.